The van der Waals surface area contributed by atoms with Crippen LogP contribution in [0.4, 0.5) is 0 Å². The first-order valence-corrected chi connectivity index (χ1v) is 7.01. The molecule has 0 aliphatic heterocycles. The monoisotopic (exact) mass is 286 g/mol. The Kier molecular flexibility index (Phi) is 10.5. The summed E-state index contributed by atoms with van der Waals surface area (Å²) in [5.74, 6) is -0.537. The van der Waals surface area contributed by atoms with E-state index in [0.29, 0.717) is 13.1 Å². The van der Waals surface area contributed by atoms with Crippen molar-refractivity contribution in [1.29, 1.82) is 0 Å². The molecule has 0 N–H and O–H groups in total. The van der Waals surface area contributed by atoms with Crippen LogP contribution in [0.2, 0.25) is 0 Å². The molecule has 0 radical (unpaired) electrons. The predicted molar refractivity (Wildman–Crippen MR) is 75.4 cm³/mol. The lowest BCUT2D eigenvalue weighted by molar-refractivity contribution is -0.145. The maximum absolute atomic E-state index is 11.1. The standard InChI is InChI=1S/C14H26N2O4/c1-11(13(17)19-3)7-5-9-15-16-10-6-8-12(2)14(18)20-4/h11-12H,5-10H2,1-4H3. The molecular formula is C14H26N2O4. The predicted octanol–water partition coefficient (Wildman–Crippen LogP) is 2.62. The normalized spacial score (nSPS) is 14.0. The number of carbonyl (C=O) groups excluding carboxylic acids is 2. The van der Waals surface area contributed by atoms with Crippen LogP contribution < -0.4 is 0 Å². The molecule has 0 aromatic rings. The van der Waals surface area contributed by atoms with Gasteiger partial charge in [-0.25, -0.2) is 0 Å². The third-order valence-corrected chi connectivity index (χ3v) is 3.10. The van der Waals surface area contributed by atoms with Gasteiger partial charge in [0.2, 0.25) is 0 Å². The summed E-state index contributed by atoms with van der Waals surface area (Å²) in [4.78, 5) is 22.3. The lowest BCUT2D eigenvalue weighted by Crippen LogP contribution is -2.12. The van der Waals surface area contributed by atoms with Crippen molar-refractivity contribution in [2.45, 2.75) is 39.5 Å². The van der Waals surface area contributed by atoms with E-state index in [1.54, 1.807) is 0 Å². The van der Waals surface area contributed by atoms with E-state index >= 15 is 0 Å². The van der Waals surface area contributed by atoms with Crippen molar-refractivity contribution in [1.82, 2.24) is 0 Å². The second-order valence-electron chi connectivity index (χ2n) is 4.86. The molecule has 2 atom stereocenters. The third kappa shape index (κ3) is 8.61. The number of nitrogens with zero attached hydrogens (tertiary/aromatic N) is 2. The minimum atomic E-state index is -0.182. The van der Waals surface area contributed by atoms with Crippen molar-refractivity contribution in [3.63, 3.8) is 0 Å². The van der Waals surface area contributed by atoms with Crippen LogP contribution in [0.5, 0.6) is 0 Å². The Morgan fingerprint density at radius 3 is 1.50 bits per heavy atom. The molecule has 20 heavy (non-hydrogen) atoms. The van der Waals surface area contributed by atoms with E-state index in [1.165, 1.54) is 14.2 Å². The molecule has 0 spiro atoms. The van der Waals surface area contributed by atoms with Gasteiger partial charge in [-0.15, -0.1) is 0 Å². The summed E-state index contributed by atoms with van der Waals surface area (Å²) in [7, 11) is 2.79. The molecule has 6 heteroatoms. The van der Waals surface area contributed by atoms with Gasteiger partial charge in [0.15, 0.2) is 0 Å². The molecule has 0 bridgehead atoms. The highest BCUT2D eigenvalue weighted by atomic mass is 16.5. The Bertz CT molecular complexity index is 288. The Labute approximate surface area is 120 Å². The summed E-state index contributed by atoms with van der Waals surface area (Å²) < 4.78 is 9.28. The number of azo groups is 1. The number of esters is 2. The molecule has 0 aromatic carbocycles. The summed E-state index contributed by atoms with van der Waals surface area (Å²) in [6, 6.07) is 0. The second kappa shape index (κ2) is 11.4. The molecular weight excluding hydrogens is 260 g/mol. The molecule has 6 nitrogen and oxygen atoms in total. The summed E-state index contributed by atoms with van der Waals surface area (Å²) >= 11 is 0. The zero-order valence-electron chi connectivity index (χ0n) is 12.9. The van der Waals surface area contributed by atoms with Gasteiger partial charge < -0.3 is 9.47 Å². The van der Waals surface area contributed by atoms with E-state index in [0.717, 1.165) is 25.7 Å². The van der Waals surface area contributed by atoms with Gasteiger partial charge in [0, 0.05) is 0 Å². The van der Waals surface area contributed by atoms with Crippen LogP contribution in [0, 0.1) is 11.8 Å². The first kappa shape index (κ1) is 18.5. The molecule has 0 rings (SSSR count). The van der Waals surface area contributed by atoms with Crippen LogP contribution in [0.25, 0.3) is 0 Å². The molecule has 0 aliphatic rings. The molecule has 116 valence electrons. The first-order valence-electron chi connectivity index (χ1n) is 7.01. The smallest absolute Gasteiger partial charge is 0.308 e. The molecule has 0 fully saturated rings. The van der Waals surface area contributed by atoms with Gasteiger partial charge in [0.05, 0.1) is 39.1 Å². The summed E-state index contributed by atoms with van der Waals surface area (Å²) in [6.45, 7) is 4.93. The maximum Gasteiger partial charge on any atom is 0.308 e. The van der Waals surface area contributed by atoms with Crippen LogP contribution in [-0.4, -0.2) is 39.2 Å². The molecule has 2 unspecified atom stereocenters. The Hall–Kier alpha value is -1.46. The highest BCUT2D eigenvalue weighted by Gasteiger charge is 2.12. The average Bonchev–Trinajstić information content (AvgIpc) is 2.47. The number of methoxy groups -OCH3 is 2. The first-order chi connectivity index (χ1) is 9.52. The fraction of sp³-hybridized carbons (Fsp3) is 0.857. The van der Waals surface area contributed by atoms with Gasteiger partial charge in [0.1, 0.15) is 0 Å². The SMILES string of the molecule is COC(=O)C(C)CCCN=NCCCC(C)C(=O)OC. The molecule has 0 saturated carbocycles. The summed E-state index contributed by atoms with van der Waals surface area (Å²) in [6.07, 6.45) is 3.15. The fourth-order valence-electron chi connectivity index (χ4n) is 1.72. The van der Waals surface area contributed by atoms with Crippen LogP contribution in [0.15, 0.2) is 10.2 Å². The van der Waals surface area contributed by atoms with E-state index in [1.807, 2.05) is 13.8 Å². The van der Waals surface area contributed by atoms with Gasteiger partial charge in [-0.1, -0.05) is 13.8 Å². The third-order valence-electron chi connectivity index (χ3n) is 3.10. The van der Waals surface area contributed by atoms with Gasteiger partial charge >= 0.3 is 11.9 Å². The molecule has 0 aromatic heterocycles. The quantitative estimate of drug-likeness (QED) is 0.351. The van der Waals surface area contributed by atoms with E-state index in [2.05, 4.69) is 19.7 Å². The number of ether oxygens (including phenoxy) is 2. The van der Waals surface area contributed by atoms with Crippen molar-refractivity contribution in [2.75, 3.05) is 27.3 Å². The number of hydrogen-bond donors (Lipinski definition) is 0. The second-order valence-corrected chi connectivity index (χ2v) is 4.86. The van der Waals surface area contributed by atoms with Gasteiger partial charge in [-0.2, -0.15) is 10.2 Å². The highest BCUT2D eigenvalue weighted by molar-refractivity contribution is 5.72. The van der Waals surface area contributed by atoms with E-state index in [9.17, 15) is 9.59 Å². The van der Waals surface area contributed by atoms with Crippen molar-refractivity contribution in [3.8, 4) is 0 Å². The molecule has 0 aliphatic carbocycles. The largest absolute Gasteiger partial charge is 0.469 e. The van der Waals surface area contributed by atoms with Gasteiger partial charge in [-0.05, 0) is 25.7 Å². The number of rotatable bonds is 10. The summed E-state index contributed by atoms with van der Waals surface area (Å²) in [5.41, 5.74) is 0. The lowest BCUT2D eigenvalue weighted by Gasteiger charge is -2.07. The van der Waals surface area contributed by atoms with Crippen LogP contribution in [-0.2, 0) is 19.1 Å². The number of hydrogen-bond acceptors (Lipinski definition) is 6. The zero-order valence-corrected chi connectivity index (χ0v) is 12.9. The Morgan fingerprint density at radius 1 is 0.850 bits per heavy atom. The van der Waals surface area contributed by atoms with Crippen LogP contribution in [0.1, 0.15) is 39.5 Å². The van der Waals surface area contributed by atoms with Crippen LogP contribution >= 0.6 is 0 Å². The molecule has 0 amide bonds. The topological polar surface area (TPSA) is 77.3 Å². The average molecular weight is 286 g/mol. The highest BCUT2D eigenvalue weighted by Crippen LogP contribution is 2.08. The Morgan fingerprint density at radius 2 is 1.20 bits per heavy atom. The van der Waals surface area contributed by atoms with E-state index in [4.69, 9.17) is 0 Å². The molecule has 0 saturated heterocycles. The van der Waals surface area contributed by atoms with Crippen molar-refractivity contribution < 1.29 is 19.1 Å². The fourth-order valence-corrected chi connectivity index (χ4v) is 1.72. The Balaban J connectivity index is 3.54. The summed E-state index contributed by atoms with van der Waals surface area (Å²) in [5, 5.41) is 8.09. The maximum atomic E-state index is 11.1. The van der Waals surface area contributed by atoms with Crippen molar-refractivity contribution in [3.05, 3.63) is 0 Å². The molecule has 0 heterocycles. The minimum Gasteiger partial charge on any atom is -0.469 e. The van der Waals surface area contributed by atoms with E-state index < -0.39 is 0 Å². The van der Waals surface area contributed by atoms with Crippen LogP contribution in [0.3, 0.4) is 0 Å². The zero-order chi connectivity index (χ0) is 15.4. The van der Waals surface area contributed by atoms with Crippen molar-refractivity contribution in [2.24, 2.45) is 22.1 Å². The minimum absolute atomic E-state index is 0.0869. The lowest BCUT2D eigenvalue weighted by atomic mass is 10.1. The van der Waals surface area contributed by atoms with E-state index in [-0.39, 0.29) is 23.8 Å². The number of carbonyl (C=O) groups is 2. The van der Waals surface area contributed by atoms with Crippen molar-refractivity contribution >= 4 is 11.9 Å². The van der Waals surface area contributed by atoms with Gasteiger partial charge in [-0.3, -0.25) is 9.59 Å². The van der Waals surface area contributed by atoms with Gasteiger partial charge in [0.25, 0.3) is 0 Å².